The van der Waals surface area contributed by atoms with E-state index in [1.54, 1.807) is 26.0 Å². The van der Waals surface area contributed by atoms with Crippen molar-refractivity contribution in [3.05, 3.63) is 28.8 Å². The Balaban J connectivity index is 2.80. The van der Waals surface area contributed by atoms with Crippen molar-refractivity contribution in [3.8, 4) is 5.75 Å². The van der Waals surface area contributed by atoms with Crippen LogP contribution in [0.15, 0.2) is 12.1 Å². The van der Waals surface area contributed by atoms with Crippen LogP contribution >= 0.6 is 0 Å². The average Bonchev–Trinajstić information content (AvgIpc) is 2.31. The Labute approximate surface area is 100 Å². The molecule has 0 saturated heterocycles. The summed E-state index contributed by atoms with van der Waals surface area (Å²) in [5.41, 5.74) is 1.83. The van der Waals surface area contributed by atoms with Crippen molar-refractivity contribution in [2.75, 3.05) is 7.11 Å². The second-order valence-corrected chi connectivity index (χ2v) is 3.96. The number of phenolic OH excluding ortho intramolecular Hbond substituents is 1. The van der Waals surface area contributed by atoms with Crippen LogP contribution in [0.1, 0.15) is 34.3 Å². The monoisotopic (exact) mass is 236 g/mol. The first-order chi connectivity index (χ1) is 7.95. The minimum absolute atomic E-state index is 0.0777. The predicted molar refractivity (Wildman–Crippen MR) is 63.2 cm³/mol. The summed E-state index contributed by atoms with van der Waals surface area (Å²) < 4.78 is 4.47. The average molecular weight is 236 g/mol. The SMILES string of the molecule is COC(=O)CCC(=O)c1cc(C)c(O)c(C)c1. The van der Waals surface area contributed by atoms with E-state index in [0.29, 0.717) is 16.7 Å². The Bertz CT molecular complexity index is 426. The normalized spacial score (nSPS) is 10.1. The Hall–Kier alpha value is -1.84. The van der Waals surface area contributed by atoms with Gasteiger partial charge in [0.25, 0.3) is 0 Å². The number of methoxy groups -OCH3 is 1. The number of hydrogen-bond donors (Lipinski definition) is 1. The molecule has 0 fully saturated rings. The number of Topliss-reactive ketones (excluding diaryl/α,β-unsaturated/α-hetero) is 1. The fourth-order valence-electron chi connectivity index (χ4n) is 1.58. The van der Waals surface area contributed by atoms with Crippen molar-refractivity contribution >= 4 is 11.8 Å². The van der Waals surface area contributed by atoms with Crippen LogP contribution in [0.4, 0.5) is 0 Å². The van der Waals surface area contributed by atoms with Gasteiger partial charge in [-0.2, -0.15) is 0 Å². The van der Waals surface area contributed by atoms with Gasteiger partial charge in [-0.05, 0) is 37.1 Å². The highest BCUT2D eigenvalue weighted by Gasteiger charge is 2.12. The summed E-state index contributed by atoms with van der Waals surface area (Å²) in [5.74, 6) is -0.318. The van der Waals surface area contributed by atoms with E-state index < -0.39 is 5.97 Å². The molecule has 0 saturated carbocycles. The van der Waals surface area contributed by atoms with Crippen LogP contribution < -0.4 is 0 Å². The number of phenols is 1. The molecule has 0 aliphatic rings. The minimum atomic E-state index is -0.398. The van der Waals surface area contributed by atoms with Crippen molar-refractivity contribution in [1.82, 2.24) is 0 Å². The molecule has 0 amide bonds. The molecule has 0 unspecified atom stereocenters. The Morgan fingerprint density at radius 1 is 1.18 bits per heavy atom. The topological polar surface area (TPSA) is 63.6 Å². The van der Waals surface area contributed by atoms with Crippen LogP contribution in [0.25, 0.3) is 0 Å². The molecule has 1 aromatic rings. The third-order valence-electron chi connectivity index (χ3n) is 2.60. The Morgan fingerprint density at radius 3 is 2.18 bits per heavy atom. The van der Waals surface area contributed by atoms with Gasteiger partial charge in [0.1, 0.15) is 5.75 Å². The zero-order valence-corrected chi connectivity index (χ0v) is 10.2. The van der Waals surface area contributed by atoms with Gasteiger partial charge < -0.3 is 9.84 Å². The molecule has 17 heavy (non-hydrogen) atoms. The summed E-state index contributed by atoms with van der Waals surface area (Å²) >= 11 is 0. The Morgan fingerprint density at radius 2 is 1.71 bits per heavy atom. The molecule has 0 spiro atoms. The zero-order valence-electron chi connectivity index (χ0n) is 10.2. The number of benzene rings is 1. The van der Waals surface area contributed by atoms with Crippen molar-refractivity contribution in [2.45, 2.75) is 26.7 Å². The van der Waals surface area contributed by atoms with Gasteiger partial charge in [-0.15, -0.1) is 0 Å². The van der Waals surface area contributed by atoms with Crippen LogP contribution in [0.5, 0.6) is 5.75 Å². The Kier molecular flexibility index (Phi) is 4.26. The molecule has 0 radical (unpaired) electrons. The summed E-state index contributed by atoms with van der Waals surface area (Å²) in [5, 5.41) is 9.58. The van der Waals surface area contributed by atoms with E-state index in [1.165, 1.54) is 7.11 Å². The van der Waals surface area contributed by atoms with Crippen molar-refractivity contribution in [3.63, 3.8) is 0 Å². The third-order valence-corrected chi connectivity index (χ3v) is 2.60. The van der Waals surface area contributed by atoms with Gasteiger partial charge in [-0.25, -0.2) is 0 Å². The van der Waals surface area contributed by atoms with E-state index in [1.807, 2.05) is 0 Å². The first-order valence-corrected chi connectivity index (χ1v) is 5.36. The van der Waals surface area contributed by atoms with E-state index >= 15 is 0 Å². The highest BCUT2D eigenvalue weighted by molar-refractivity contribution is 5.98. The van der Waals surface area contributed by atoms with Crippen molar-refractivity contribution in [2.24, 2.45) is 0 Å². The smallest absolute Gasteiger partial charge is 0.305 e. The summed E-state index contributed by atoms with van der Waals surface area (Å²) in [4.78, 5) is 22.7. The summed E-state index contributed by atoms with van der Waals surface area (Å²) in [6.45, 7) is 3.47. The molecule has 0 heterocycles. The molecular weight excluding hydrogens is 220 g/mol. The van der Waals surface area contributed by atoms with Gasteiger partial charge in [0.05, 0.1) is 13.5 Å². The zero-order chi connectivity index (χ0) is 13.0. The molecule has 1 aromatic carbocycles. The number of aromatic hydroxyl groups is 1. The quantitative estimate of drug-likeness (QED) is 0.642. The van der Waals surface area contributed by atoms with Gasteiger partial charge in [-0.1, -0.05) is 0 Å². The van der Waals surface area contributed by atoms with Gasteiger partial charge in [0, 0.05) is 12.0 Å². The molecule has 1 N–H and O–H groups in total. The number of hydrogen-bond acceptors (Lipinski definition) is 4. The van der Waals surface area contributed by atoms with Gasteiger partial charge >= 0.3 is 5.97 Å². The third kappa shape index (κ3) is 3.31. The lowest BCUT2D eigenvalue weighted by atomic mass is 10.0. The lowest BCUT2D eigenvalue weighted by Gasteiger charge is -2.07. The van der Waals surface area contributed by atoms with Gasteiger partial charge in [0.15, 0.2) is 5.78 Å². The highest BCUT2D eigenvalue weighted by atomic mass is 16.5. The highest BCUT2D eigenvalue weighted by Crippen LogP contribution is 2.23. The van der Waals surface area contributed by atoms with E-state index in [9.17, 15) is 14.7 Å². The summed E-state index contributed by atoms with van der Waals surface area (Å²) in [6.07, 6.45) is 0.199. The number of esters is 1. The molecule has 0 aliphatic heterocycles. The van der Waals surface area contributed by atoms with Gasteiger partial charge in [-0.3, -0.25) is 9.59 Å². The number of carbonyl (C=O) groups excluding carboxylic acids is 2. The second kappa shape index (κ2) is 5.48. The summed E-state index contributed by atoms with van der Waals surface area (Å²) in [6, 6.07) is 3.25. The number of ether oxygens (including phenoxy) is 1. The number of carbonyl (C=O) groups is 2. The molecule has 0 aromatic heterocycles. The maximum absolute atomic E-state index is 11.8. The van der Waals surface area contributed by atoms with Crippen LogP contribution in [0.2, 0.25) is 0 Å². The van der Waals surface area contributed by atoms with Gasteiger partial charge in [0.2, 0.25) is 0 Å². The molecule has 0 bridgehead atoms. The van der Waals surface area contributed by atoms with E-state index in [0.717, 1.165) is 0 Å². The second-order valence-electron chi connectivity index (χ2n) is 3.96. The molecule has 0 atom stereocenters. The predicted octanol–water partition coefficient (Wildman–Crippen LogP) is 2.14. The van der Waals surface area contributed by atoms with Crippen molar-refractivity contribution in [1.29, 1.82) is 0 Å². The standard InChI is InChI=1S/C13H16O4/c1-8-6-10(7-9(2)13(8)16)11(14)4-5-12(15)17-3/h6-7,16H,4-5H2,1-3H3. The first-order valence-electron chi connectivity index (χ1n) is 5.36. The van der Waals surface area contributed by atoms with Crippen LogP contribution in [0, 0.1) is 13.8 Å². The fourth-order valence-corrected chi connectivity index (χ4v) is 1.58. The molecule has 4 heteroatoms. The van der Waals surface area contributed by atoms with E-state index in [-0.39, 0.29) is 24.4 Å². The number of ketones is 1. The number of aryl methyl sites for hydroxylation is 2. The molecular formula is C13H16O4. The van der Waals surface area contributed by atoms with Crippen molar-refractivity contribution < 1.29 is 19.4 Å². The summed E-state index contributed by atoms with van der Waals surface area (Å²) in [7, 11) is 1.29. The molecule has 0 aliphatic carbocycles. The molecule has 4 nitrogen and oxygen atoms in total. The maximum Gasteiger partial charge on any atom is 0.305 e. The number of rotatable bonds is 4. The first kappa shape index (κ1) is 13.2. The lowest BCUT2D eigenvalue weighted by molar-refractivity contribution is -0.140. The largest absolute Gasteiger partial charge is 0.507 e. The minimum Gasteiger partial charge on any atom is -0.507 e. The maximum atomic E-state index is 11.8. The van der Waals surface area contributed by atoms with Crippen LogP contribution in [-0.2, 0) is 9.53 Å². The van der Waals surface area contributed by atoms with E-state index in [2.05, 4.69) is 4.74 Å². The lowest BCUT2D eigenvalue weighted by Crippen LogP contribution is -2.06. The van der Waals surface area contributed by atoms with Crippen LogP contribution in [-0.4, -0.2) is 24.0 Å². The van der Waals surface area contributed by atoms with Crippen LogP contribution in [0.3, 0.4) is 0 Å². The molecule has 92 valence electrons. The molecule has 1 rings (SSSR count). The fraction of sp³-hybridized carbons (Fsp3) is 0.385. The van der Waals surface area contributed by atoms with E-state index in [4.69, 9.17) is 0 Å².